The number of carbonyl (C=O) groups is 2. The van der Waals surface area contributed by atoms with Crippen molar-refractivity contribution in [2.75, 3.05) is 0 Å². The zero-order chi connectivity index (χ0) is 24.3. The molecular weight excluding hydrogens is 438 g/mol. The van der Waals surface area contributed by atoms with Gasteiger partial charge in [-0.15, -0.1) is 0 Å². The molecule has 0 heterocycles. The zero-order valence-corrected chi connectivity index (χ0v) is 18.2. The summed E-state index contributed by atoms with van der Waals surface area (Å²) < 4.78 is 10.7. The van der Waals surface area contributed by atoms with E-state index in [9.17, 15) is 19.7 Å². The van der Waals surface area contributed by atoms with E-state index in [1.165, 1.54) is 43.5 Å². The van der Waals surface area contributed by atoms with E-state index in [-0.39, 0.29) is 5.69 Å². The summed E-state index contributed by atoms with van der Waals surface area (Å²) in [4.78, 5) is 34.2. The van der Waals surface area contributed by atoms with Gasteiger partial charge in [-0.05, 0) is 60.5 Å². The summed E-state index contributed by atoms with van der Waals surface area (Å²) in [5.74, 6) is -0.306. The summed E-state index contributed by atoms with van der Waals surface area (Å²) in [6.07, 6.45) is 3.57. The number of esters is 1. The van der Waals surface area contributed by atoms with Gasteiger partial charge in [0.25, 0.3) is 11.6 Å². The lowest BCUT2D eigenvalue weighted by atomic mass is 10.2. The Bertz CT molecular complexity index is 1190. The van der Waals surface area contributed by atoms with Crippen LogP contribution in [0.5, 0.6) is 11.5 Å². The number of non-ortho nitro benzene ring substituents is 1. The molecule has 0 aliphatic heterocycles. The van der Waals surface area contributed by atoms with Crippen LogP contribution < -0.4 is 14.9 Å². The van der Waals surface area contributed by atoms with Crippen LogP contribution in [0.3, 0.4) is 0 Å². The highest BCUT2D eigenvalue weighted by Gasteiger charge is 2.14. The van der Waals surface area contributed by atoms with Crippen LogP contribution in [0.1, 0.15) is 18.1 Å². The second kappa shape index (κ2) is 11.7. The Kier molecular flexibility index (Phi) is 8.23. The van der Waals surface area contributed by atoms with E-state index >= 15 is 0 Å². The number of nitro benzene ring substituents is 1. The average Bonchev–Trinajstić information content (AvgIpc) is 2.84. The smallest absolute Gasteiger partial charge is 0.336 e. The molecule has 1 unspecified atom stereocenters. The van der Waals surface area contributed by atoms with E-state index < -0.39 is 22.9 Å². The molecule has 9 heteroatoms. The van der Waals surface area contributed by atoms with Crippen molar-refractivity contribution in [2.45, 2.75) is 13.0 Å². The van der Waals surface area contributed by atoms with Gasteiger partial charge in [-0.3, -0.25) is 14.9 Å². The van der Waals surface area contributed by atoms with Crippen molar-refractivity contribution in [1.29, 1.82) is 0 Å². The first-order valence-electron chi connectivity index (χ1n) is 10.2. The fourth-order valence-electron chi connectivity index (χ4n) is 2.67. The van der Waals surface area contributed by atoms with Crippen molar-refractivity contribution in [2.24, 2.45) is 5.10 Å². The van der Waals surface area contributed by atoms with Crippen molar-refractivity contribution in [3.8, 4) is 11.5 Å². The van der Waals surface area contributed by atoms with E-state index in [0.717, 1.165) is 5.56 Å². The topological polar surface area (TPSA) is 120 Å². The normalized spacial score (nSPS) is 11.8. The van der Waals surface area contributed by atoms with E-state index in [1.807, 2.05) is 30.3 Å². The number of hydrogen-bond donors (Lipinski definition) is 1. The Morgan fingerprint density at radius 1 is 0.941 bits per heavy atom. The van der Waals surface area contributed by atoms with Crippen LogP contribution in [0.25, 0.3) is 6.08 Å². The third kappa shape index (κ3) is 7.41. The largest absolute Gasteiger partial charge is 0.481 e. The molecular formula is C25H21N3O6. The third-order valence-corrected chi connectivity index (χ3v) is 4.43. The molecule has 3 aromatic rings. The van der Waals surface area contributed by atoms with Gasteiger partial charge in [-0.2, -0.15) is 5.10 Å². The number of hydrazone groups is 1. The molecule has 1 amide bonds. The number of ether oxygens (including phenoxy) is 2. The van der Waals surface area contributed by atoms with E-state index in [4.69, 9.17) is 9.47 Å². The molecule has 172 valence electrons. The first-order chi connectivity index (χ1) is 16.4. The molecule has 3 aromatic carbocycles. The molecule has 1 N–H and O–H groups in total. The number of hydrogen-bond acceptors (Lipinski definition) is 7. The Balaban J connectivity index is 1.46. The standard InChI is InChI=1S/C25H21N3O6/c1-18(33-22-14-10-21(11-15-22)28(31)32)25(30)27-26-17-20-7-12-23(13-8-20)34-24(29)16-9-19-5-3-2-4-6-19/h2-18H,1H3,(H,27,30). The summed E-state index contributed by atoms with van der Waals surface area (Å²) in [6.45, 7) is 1.53. The lowest BCUT2D eigenvalue weighted by molar-refractivity contribution is -0.384. The van der Waals surface area contributed by atoms with E-state index in [0.29, 0.717) is 17.1 Å². The lowest BCUT2D eigenvalue weighted by Crippen LogP contribution is -2.33. The molecule has 34 heavy (non-hydrogen) atoms. The molecule has 0 fully saturated rings. The summed E-state index contributed by atoms with van der Waals surface area (Å²) in [5, 5.41) is 14.6. The number of amides is 1. The molecule has 0 saturated heterocycles. The van der Waals surface area contributed by atoms with E-state index in [2.05, 4.69) is 10.5 Å². The van der Waals surface area contributed by atoms with Crippen molar-refractivity contribution in [3.63, 3.8) is 0 Å². The minimum atomic E-state index is -0.871. The summed E-state index contributed by atoms with van der Waals surface area (Å²) in [5.41, 5.74) is 3.85. The van der Waals surface area contributed by atoms with Crippen LogP contribution in [0, 0.1) is 10.1 Å². The predicted molar refractivity (Wildman–Crippen MR) is 126 cm³/mol. The fourth-order valence-corrected chi connectivity index (χ4v) is 2.67. The van der Waals surface area contributed by atoms with Gasteiger partial charge in [0.05, 0.1) is 11.1 Å². The van der Waals surface area contributed by atoms with Gasteiger partial charge >= 0.3 is 5.97 Å². The highest BCUT2D eigenvalue weighted by atomic mass is 16.6. The van der Waals surface area contributed by atoms with Crippen molar-refractivity contribution in [3.05, 3.63) is 106 Å². The molecule has 0 spiro atoms. The van der Waals surface area contributed by atoms with Gasteiger partial charge in [0.1, 0.15) is 11.5 Å². The van der Waals surface area contributed by atoms with Crippen LogP contribution in [0.15, 0.2) is 90.0 Å². The zero-order valence-electron chi connectivity index (χ0n) is 18.2. The van der Waals surface area contributed by atoms with Gasteiger partial charge in [0.15, 0.2) is 6.10 Å². The summed E-state index contributed by atoms with van der Waals surface area (Å²) in [6, 6.07) is 21.4. The SMILES string of the molecule is CC(Oc1ccc([N+](=O)[O-])cc1)C(=O)NN=Cc1ccc(OC(=O)C=Cc2ccccc2)cc1. The summed E-state index contributed by atoms with van der Waals surface area (Å²) >= 11 is 0. The van der Waals surface area contributed by atoms with Crippen molar-refractivity contribution < 1.29 is 24.0 Å². The van der Waals surface area contributed by atoms with Gasteiger partial charge < -0.3 is 9.47 Å². The van der Waals surface area contributed by atoms with Crippen molar-refractivity contribution >= 4 is 29.9 Å². The number of benzene rings is 3. The monoisotopic (exact) mass is 459 g/mol. The number of nitrogens with zero attached hydrogens (tertiary/aromatic N) is 2. The third-order valence-electron chi connectivity index (χ3n) is 4.43. The molecule has 3 rings (SSSR count). The lowest BCUT2D eigenvalue weighted by Gasteiger charge is -2.12. The van der Waals surface area contributed by atoms with Crippen LogP contribution in [-0.2, 0) is 9.59 Å². The molecule has 0 saturated carbocycles. The molecule has 0 aliphatic rings. The minimum Gasteiger partial charge on any atom is -0.481 e. The Labute approximate surface area is 195 Å². The number of carbonyl (C=O) groups excluding carboxylic acids is 2. The van der Waals surface area contributed by atoms with Crippen LogP contribution in [0.4, 0.5) is 5.69 Å². The van der Waals surface area contributed by atoms with Gasteiger partial charge in [-0.1, -0.05) is 30.3 Å². The van der Waals surface area contributed by atoms with Gasteiger partial charge in [0, 0.05) is 18.2 Å². The van der Waals surface area contributed by atoms with Crippen LogP contribution in [0.2, 0.25) is 0 Å². The highest BCUT2D eigenvalue weighted by Crippen LogP contribution is 2.18. The molecule has 1 atom stereocenters. The van der Waals surface area contributed by atoms with E-state index in [1.54, 1.807) is 30.3 Å². The maximum absolute atomic E-state index is 12.1. The Hall–Kier alpha value is -4.79. The second-order valence-corrected chi connectivity index (χ2v) is 6.98. The summed E-state index contributed by atoms with van der Waals surface area (Å²) in [7, 11) is 0. The fraction of sp³-hybridized carbons (Fsp3) is 0.0800. The highest BCUT2D eigenvalue weighted by molar-refractivity contribution is 5.89. The maximum Gasteiger partial charge on any atom is 0.336 e. The maximum atomic E-state index is 12.1. The first kappa shape index (κ1) is 23.9. The molecule has 0 bridgehead atoms. The molecule has 0 aromatic heterocycles. The Morgan fingerprint density at radius 2 is 1.59 bits per heavy atom. The second-order valence-electron chi connectivity index (χ2n) is 6.98. The van der Waals surface area contributed by atoms with Crippen LogP contribution >= 0.6 is 0 Å². The molecule has 0 radical (unpaired) electrons. The molecule has 9 nitrogen and oxygen atoms in total. The predicted octanol–water partition coefficient (Wildman–Crippen LogP) is 4.13. The van der Waals surface area contributed by atoms with Crippen LogP contribution in [-0.4, -0.2) is 29.1 Å². The minimum absolute atomic E-state index is 0.0708. The number of nitro groups is 1. The quantitative estimate of drug-likeness (QED) is 0.128. The number of nitrogens with one attached hydrogen (secondary N) is 1. The van der Waals surface area contributed by atoms with Crippen molar-refractivity contribution in [1.82, 2.24) is 5.43 Å². The Morgan fingerprint density at radius 3 is 2.24 bits per heavy atom. The number of rotatable bonds is 9. The average molecular weight is 459 g/mol. The molecule has 0 aliphatic carbocycles. The van der Waals surface area contributed by atoms with Gasteiger partial charge in [-0.25, -0.2) is 10.2 Å². The first-order valence-corrected chi connectivity index (χ1v) is 10.2. The van der Waals surface area contributed by atoms with Gasteiger partial charge in [0.2, 0.25) is 0 Å².